The summed E-state index contributed by atoms with van der Waals surface area (Å²) < 4.78 is 12.7. The Balaban J connectivity index is 1.45. The molecule has 5 atom stereocenters. The number of halogens is 1. The lowest BCUT2D eigenvalue weighted by Crippen LogP contribution is -2.55. The minimum absolute atomic E-state index is 0.0134. The summed E-state index contributed by atoms with van der Waals surface area (Å²) in [4.78, 5) is 39.3. The largest absolute Gasteiger partial charge is 0.479 e. The van der Waals surface area contributed by atoms with Crippen LogP contribution in [0.3, 0.4) is 0 Å². The maximum Gasteiger partial charge on any atom is 0.348 e. The van der Waals surface area contributed by atoms with Gasteiger partial charge in [0.2, 0.25) is 5.28 Å². The molecule has 0 saturated carbocycles. The highest BCUT2D eigenvalue weighted by atomic mass is 35.5. The second-order valence-corrected chi connectivity index (χ2v) is 10.6. The Kier molecular flexibility index (Phi) is 8.08. The predicted molar refractivity (Wildman–Crippen MR) is 146 cm³/mol. The van der Waals surface area contributed by atoms with Crippen molar-refractivity contribution in [1.29, 1.82) is 0 Å². The van der Waals surface area contributed by atoms with Crippen LogP contribution in [0.25, 0.3) is 11.2 Å². The third-order valence-electron chi connectivity index (χ3n) is 7.71. The van der Waals surface area contributed by atoms with Crippen molar-refractivity contribution in [3.05, 3.63) is 47.5 Å². The number of fused-ring (bicyclic) bond motifs is 1. The van der Waals surface area contributed by atoms with Gasteiger partial charge in [-0.25, -0.2) is 14.6 Å². The van der Waals surface area contributed by atoms with Crippen LogP contribution in [0.5, 0.6) is 0 Å². The second-order valence-electron chi connectivity index (χ2n) is 10.3. The molecule has 0 aliphatic carbocycles. The van der Waals surface area contributed by atoms with Crippen molar-refractivity contribution in [1.82, 2.24) is 19.5 Å². The number of imidazole rings is 1. The van der Waals surface area contributed by atoms with E-state index in [1.807, 2.05) is 4.90 Å². The van der Waals surface area contributed by atoms with Crippen LogP contribution in [-0.2, 0) is 25.5 Å². The van der Waals surface area contributed by atoms with E-state index in [0.29, 0.717) is 30.0 Å². The Morgan fingerprint density at radius 1 is 1.24 bits per heavy atom. The van der Waals surface area contributed by atoms with Gasteiger partial charge in [-0.05, 0) is 23.6 Å². The van der Waals surface area contributed by atoms with Gasteiger partial charge in [0.15, 0.2) is 28.8 Å². The number of nitrogens with zero attached hydrogens (tertiary/aromatic N) is 5. The minimum Gasteiger partial charge on any atom is -0.479 e. The fourth-order valence-electron chi connectivity index (χ4n) is 5.29. The Bertz CT molecular complexity index is 1520. The molecule has 15 heteroatoms. The average Bonchev–Trinajstić information content (AvgIpc) is 3.68. The number of aliphatic carboxylic acids is 2. The molecule has 4 heterocycles. The molecule has 2 saturated heterocycles. The Morgan fingerprint density at radius 3 is 2.57 bits per heavy atom. The highest BCUT2D eigenvalue weighted by Crippen LogP contribution is 2.40. The molecule has 3 aromatic rings. The highest BCUT2D eigenvalue weighted by Gasteiger charge is 2.58. The minimum atomic E-state index is -2.75. The Labute approximate surface area is 244 Å². The van der Waals surface area contributed by atoms with Crippen LogP contribution in [0.1, 0.15) is 18.2 Å². The molecular formula is C27H28ClN5O9. The van der Waals surface area contributed by atoms with E-state index in [1.54, 1.807) is 30.3 Å². The molecule has 0 amide bonds. The number of hydrogen-bond donors (Lipinski definition) is 5. The molecular weight excluding hydrogens is 574 g/mol. The number of hydrogen-bond acceptors (Lipinski definition) is 11. The Hall–Kier alpha value is -3.84. The molecule has 0 spiro atoms. The molecule has 1 aromatic carbocycles. The van der Waals surface area contributed by atoms with Gasteiger partial charge in [-0.15, -0.1) is 6.42 Å². The number of terminal acetylenes is 1. The fourth-order valence-corrected chi connectivity index (χ4v) is 5.45. The van der Waals surface area contributed by atoms with Crippen molar-refractivity contribution in [3.63, 3.8) is 0 Å². The molecule has 0 bridgehead atoms. The van der Waals surface area contributed by atoms with Crippen LogP contribution in [0.15, 0.2) is 36.7 Å². The lowest BCUT2D eigenvalue weighted by atomic mass is 9.92. The monoisotopic (exact) mass is 601 g/mol. The van der Waals surface area contributed by atoms with E-state index >= 15 is 0 Å². The summed E-state index contributed by atoms with van der Waals surface area (Å²) in [6, 6.07) is 8.02. The maximum atomic E-state index is 12.2. The number of benzene rings is 1. The molecule has 14 nitrogen and oxygen atoms in total. The summed E-state index contributed by atoms with van der Waals surface area (Å²) in [5, 5.41) is 51.6. The smallest absolute Gasteiger partial charge is 0.348 e. The lowest BCUT2D eigenvalue weighted by Gasteiger charge is -2.30. The quantitative estimate of drug-likeness (QED) is 0.119. The van der Waals surface area contributed by atoms with E-state index in [-0.39, 0.29) is 23.5 Å². The Morgan fingerprint density at radius 2 is 1.95 bits per heavy atom. The zero-order valence-corrected chi connectivity index (χ0v) is 22.8. The molecule has 42 heavy (non-hydrogen) atoms. The van der Waals surface area contributed by atoms with Crippen LogP contribution < -0.4 is 4.90 Å². The van der Waals surface area contributed by atoms with Gasteiger partial charge in [0.1, 0.15) is 12.2 Å². The van der Waals surface area contributed by atoms with Gasteiger partial charge >= 0.3 is 11.9 Å². The summed E-state index contributed by atoms with van der Waals surface area (Å²) in [6.07, 6.45) is 2.33. The standard InChI is InChI=1S/C27H28ClN5O9/c1-2-26(40)17(13-41-27(23(36)37,24(38)39)10-15-6-4-3-5-7-15)42-22(19(26)35)33-14-29-18-20(30-25(28)31-21(18)33)32-9-8-16(11-32)12-34/h1,3-7,14,16-17,19,22,34-35,40H,8-13H2,(H,36,37)(H,38,39)/t16?,17-,19+,22-,26-/m1/s1. The number of rotatable bonds is 10. The van der Waals surface area contributed by atoms with E-state index in [1.165, 1.54) is 10.9 Å². The average molecular weight is 602 g/mol. The number of ether oxygens (including phenoxy) is 2. The van der Waals surface area contributed by atoms with Gasteiger partial charge in [-0.1, -0.05) is 36.3 Å². The summed E-state index contributed by atoms with van der Waals surface area (Å²) >= 11 is 6.23. The summed E-state index contributed by atoms with van der Waals surface area (Å²) in [5.74, 6) is -1.01. The third kappa shape index (κ3) is 5.04. The van der Waals surface area contributed by atoms with Crippen LogP contribution in [-0.4, -0.2) is 107 Å². The third-order valence-corrected chi connectivity index (χ3v) is 7.88. The maximum absolute atomic E-state index is 12.2. The fraction of sp³-hybridized carbons (Fsp3) is 0.444. The van der Waals surface area contributed by atoms with E-state index in [9.17, 15) is 35.1 Å². The highest BCUT2D eigenvalue weighted by molar-refractivity contribution is 6.28. The first-order valence-electron chi connectivity index (χ1n) is 13.0. The first-order valence-corrected chi connectivity index (χ1v) is 13.4. The normalized spacial score (nSPS) is 26.0. The number of aromatic nitrogens is 4. The van der Waals surface area contributed by atoms with Crippen LogP contribution in [0.4, 0.5) is 5.82 Å². The molecule has 0 radical (unpaired) electrons. The topological polar surface area (TPSA) is 201 Å². The van der Waals surface area contributed by atoms with E-state index in [0.717, 1.165) is 6.42 Å². The van der Waals surface area contributed by atoms with Crippen molar-refractivity contribution < 1.29 is 44.6 Å². The van der Waals surface area contributed by atoms with Crippen molar-refractivity contribution in [2.24, 2.45) is 5.92 Å². The second kappa shape index (κ2) is 11.4. The SMILES string of the molecule is C#C[C@@]1(O)[C@@H](COC(Cc2ccccc2)(C(=O)O)C(=O)O)O[C@@H](n2cnc3c(N4CCC(CO)C4)nc(Cl)nc32)[C@@H]1O. The molecule has 222 valence electrons. The lowest BCUT2D eigenvalue weighted by molar-refractivity contribution is -0.191. The molecule has 2 fully saturated rings. The van der Waals surface area contributed by atoms with E-state index in [4.69, 9.17) is 27.5 Å². The zero-order chi connectivity index (χ0) is 30.2. The van der Waals surface area contributed by atoms with Gasteiger partial charge in [0.25, 0.3) is 5.60 Å². The molecule has 2 aliphatic rings. The van der Waals surface area contributed by atoms with Crippen LogP contribution in [0.2, 0.25) is 5.28 Å². The summed E-state index contributed by atoms with van der Waals surface area (Å²) in [6.45, 7) is 0.322. The number of aliphatic hydroxyl groups excluding tert-OH is 2. The van der Waals surface area contributed by atoms with Crippen molar-refractivity contribution >= 4 is 40.5 Å². The van der Waals surface area contributed by atoms with Gasteiger partial charge in [-0.3, -0.25) is 4.57 Å². The van der Waals surface area contributed by atoms with Crippen LogP contribution >= 0.6 is 11.6 Å². The van der Waals surface area contributed by atoms with E-state index < -0.39 is 54.6 Å². The summed E-state index contributed by atoms with van der Waals surface area (Å²) in [7, 11) is 0. The number of anilines is 1. The van der Waals surface area contributed by atoms with Gasteiger partial charge < -0.3 is 39.9 Å². The van der Waals surface area contributed by atoms with Crippen molar-refractivity contribution in [3.8, 4) is 12.3 Å². The first kappa shape index (κ1) is 29.6. The van der Waals surface area contributed by atoms with Crippen LogP contribution in [0, 0.1) is 18.3 Å². The zero-order valence-electron chi connectivity index (χ0n) is 22.1. The first-order chi connectivity index (χ1) is 20.0. The van der Waals surface area contributed by atoms with Gasteiger partial charge in [0.05, 0.1) is 12.9 Å². The van der Waals surface area contributed by atoms with Gasteiger partial charge in [0, 0.05) is 32.0 Å². The molecule has 5 rings (SSSR count). The number of carboxylic acids is 2. The van der Waals surface area contributed by atoms with Crippen molar-refractivity contribution in [2.45, 2.75) is 42.5 Å². The number of carbonyl (C=O) groups is 2. The molecule has 1 unspecified atom stereocenters. The van der Waals surface area contributed by atoms with E-state index in [2.05, 4.69) is 20.9 Å². The summed E-state index contributed by atoms with van der Waals surface area (Å²) in [5.41, 5.74) is -4.32. The number of aliphatic hydroxyl groups is 3. The molecule has 2 aliphatic heterocycles. The van der Waals surface area contributed by atoms with Gasteiger partial charge in [-0.2, -0.15) is 9.97 Å². The molecule has 5 N–H and O–H groups in total. The number of carboxylic acid groups (broad SMARTS) is 2. The molecule has 2 aromatic heterocycles. The predicted octanol–water partition coefficient (Wildman–Crippen LogP) is 0.0882. The van der Waals surface area contributed by atoms with Crippen molar-refractivity contribution in [2.75, 3.05) is 31.2 Å².